The molecule has 0 fully saturated rings. The minimum atomic E-state index is 0.740. The highest BCUT2D eigenvalue weighted by atomic mass is 16.1. The van der Waals surface area contributed by atoms with Crippen LogP contribution in [0.5, 0.6) is 0 Å². The lowest BCUT2D eigenvalue weighted by molar-refractivity contribution is -0.106. The van der Waals surface area contributed by atoms with E-state index >= 15 is 0 Å². The fraction of sp³-hybridized carbons (Fsp3) is 0.750. The van der Waals surface area contributed by atoms with Crippen molar-refractivity contribution in [1.82, 2.24) is 5.32 Å². The van der Waals surface area contributed by atoms with Crippen molar-refractivity contribution in [3.63, 3.8) is 0 Å². The fourth-order valence-electron chi connectivity index (χ4n) is 0.629. The van der Waals surface area contributed by atoms with Crippen molar-refractivity contribution >= 4 is 6.29 Å². The van der Waals surface area contributed by atoms with Crippen LogP contribution in [0.25, 0.3) is 0 Å². The van der Waals surface area contributed by atoms with Crippen molar-refractivity contribution in [2.75, 3.05) is 13.1 Å². The van der Waals surface area contributed by atoms with Gasteiger partial charge in [-0.05, 0) is 13.0 Å². The largest absolute Gasteiger partial charge is 0.316 e. The SMILES string of the molecule is CCCCNC[C](C)C=O. The van der Waals surface area contributed by atoms with Crippen LogP contribution in [0, 0.1) is 5.92 Å². The number of carbonyl (C=O) groups is 1. The predicted octanol–water partition coefficient (Wildman–Crippen LogP) is 1.17. The van der Waals surface area contributed by atoms with Crippen molar-refractivity contribution in [3.05, 3.63) is 5.92 Å². The molecule has 0 aliphatic carbocycles. The van der Waals surface area contributed by atoms with Gasteiger partial charge in [0.25, 0.3) is 0 Å². The summed E-state index contributed by atoms with van der Waals surface area (Å²) in [5, 5.41) is 3.17. The molecule has 1 radical (unpaired) electrons. The Morgan fingerprint density at radius 1 is 1.60 bits per heavy atom. The van der Waals surface area contributed by atoms with Gasteiger partial charge in [-0.15, -0.1) is 0 Å². The average molecular weight is 142 g/mol. The summed E-state index contributed by atoms with van der Waals surface area (Å²) in [4.78, 5) is 10.1. The predicted molar refractivity (Wildman–Crippen MR) is 42.8 cm³/mol. The van der Waals surface area contributed by atoms with Gasteiger partial charge in [0, 0.05) is 12.5 Å². The quantitative estimate of drug-likeness (QED) is 0.445. The van der Waals surface area contributed by atoms with Gasteiger partial charge in [-0.25, -0.2) is 0 Å². The molecule has 0 aliphatic rings. The van der Waals surface area contributed by atoms with E-state index in [1.54, 1.807) is 0 Å². The van der Waals surface area contributed by atoms with Crippen LogP contribution in [0.2, 0.25) is 0 Å². The summed E-state index contributed by atoms with van der Waals surface area (Å²) in [6.07, 6.45) is 3.29. The second-order valence-corrected chi connectivity index (χ2v) is 2.49. The molecular formula is C8H16NO. The molecule has 10 heavy (non-hydrogen) atoms. The smallest absolute Gasteiger partial charge is 0.128 e. The van der Waals surface area contributed by atoms with Crippen molar-refractivity contribution in [1.29, 1.82) is 0 Å². The lowest BCUT2D eigenvalue weighted by Gasteiger charge is -2.03. The van der Waals surface area contributed by atoms with Crippen LogP contribution in [0.1, 0.15) is 26.7 Å². The third kappa shape index (κ3) is 5.76. The van der Waals surface area contributed by atoms with Crippen LogP contribution in [0.15, 0.2) is 0 Å². The monoisotopic (exact) mass is 142 g/mol. The van der Waals surface area contributed by atoms with E-state index in [4.69, 9.17) is 0 Å². The first-order valence-corrected chi connectivity index (χ1v) is 3.79. The average Bonchev–Trinajstić information content (AvgIpc) is 1.98. The molecule has 0 spiro atoms. The van der Waals surface area contributed by atoms with E-state index in [0.717, 1.165) is 25.3 Å². The minimum Gasteiger partial charge on any atom is -0.316 e. The Morgan fingerprint density at radius 2 is 2.30 bits per heavy atom. The Kier molecular flexibility index (Phi) is 6.50. The number of hydrogen-bond acceptors (Lipinski definition) is 2. The maximum atomic E-state index is 10.1. The molecule has 0 saturated heterocycles. The fourth-order valence-corrected chi connectivity index (χ4v) is 0.629. The summed E-state index contributed by atoms with van der Waals surface area (Å²) in [6, 6.07) is 0. The summed E-state index contributed by atoms with van der Waals surface area (Å²) in [7, 11) is 0. The van der Waals surface area contributed by atoms with Crippen molar-refractivity contribution in [2.24, 2.45) is 0 Å². The highest BCUT2D eigenvalue weighted by molar-refractivity contribution is 5.67. The van der Waals surface area contributed by atoms with E-state index in [9.17, 15) is 4.79 Å². The standard InChI is InChI=1S/C8H16NO/c1-3-4-5-9-6-8(2)7-10/h7,9H,3-6H2,1-2H3. The third-order valence-electron chi connectivity index (χ3n) is 1.31. The van der Waals surface area contributed by atoms with Gasteiger partial charge in [0.2, 0.25) is 0 Å². The number of rotatable bonds is 6. The van der Waals surface area contributed by atoms with E-state index in [1.807, 2.05) is 6.92 Å². The zero-order chi connectivity index (χ0) is 7.82. The molecule has 0 aliphatic heterocycles. The Hall–Kier alpha value is -0.370. The molecular weight excluding hydrogens is 126 g/mol. The van der Waals surface area contributed by atoms with Gasteiger partial charge >= 0.3 is 0 Å². The summed E-state index contributed by atoms with van der Waals surface area (Å²) in [5.41, 5.74) is 0. The van der Waals surface area contributed by atoms with Gasteiger partial charge in [-0.2, -0.15) is 0 Å². The molecule has 0 rings (SSSR count). The number of nitrogens with one attached hydrogen (secondary N) is 1. The molecule has 0 atom stereocenters. The molecule has 0 heterocycles. The molecule has 0 aromatic rings. The lowest BCUT2D eigenvalue weighted by Crippen LogP contribution is -2.21. The molecule has 0 aromatic heterocycles. The molecule has 0 saturated carbocycles. The molecule has 0 amide bonds. The molecule has 2 heteroatoms. The zero-order valence-electron chi connectivity index (χ0n) is 6.81. The van der Waals surface area contributed by atoms with E-state index in [2.05, 4.69) is 12.2 Å². The van der Waals surface area contributed by atoms with Gasteiger partial charge < -0.3 is 10.1 Å². The number of unbranched alkanes of at least 4 members (excludes halogenated alkanes) is 1. The van der Waals surface area contributed by atoms with Crippen LogP contribution in [-0.2, 0) is 4.79 Å². The van der Waals surface area contributed by atoms with E-state index in [1.165, 1.54) is 12.8 Å². The van der Waals surface area contributed by atoms with Crippen LogP contribution in [0.3, 0.4) is 0 Å². The summed E-state index contributed by atoms with van der Waals surface area (Å²) < 4.78 is 0. The highest BCUT2D eigenvalue weighted by Crippen LogP contribution is 1.89. The molecule has 2 nitrogen and oxygen atoms in total. The maximum absolute atomic E-state index is 10.1. The highest BCUT2D eigenvalue weighted by Gasteiger charge is 1.96. The van der Waals surface area contributed by atoms with E-state index < -0.39 is 0 Å². The molecule has 0 bridgehead atoms. The van der Waals surface area contributed by atoms with Crippen LogP contribution in [0.4, 0.5) is 0 Å². The van der Waals surface area contributed by atoms with Crippen molar-refractivity contribution in [3.8, 4) is 0 Å². The van der Waals surface area contributed by atoms with E-state index in [0.29, 0.717) is 0 Å². The first kappa shape index (κ1) is 9.63. The number of hydrogen-bond donors (Lipinski definition) is 1. The van der Waals surface area contributed by atoms with Gasteiger partial charge in [-0.3, -0.25) is 0 Å². The summed E-state index contributed by atoms with van der Waals surface area (Å²) in [5.74, 6) is 0.871. The Morgan fingerprint density at radius 3 is 2.80 bits per heavy atom. The van der Waals surface area contributed by atoms with Crippen LogP contribution < -0.4 is 5.32 Å². The number of aldehydes is 1. The Bertz CT molecular complexity index is 83.3. The Labute approximate surface area is 63.0 Å². The van der Waals surface area contributed by atoms with Gasteiger partial charge in [0.1, 0.15) is 6.29 Å². The molecule has 1 N–H and O–H groups in total. The van der Waals surface area contributed by atoms with Gasteiger partial charge in [0.05, 0.1) is 0 Å². The molecule has 0 unspecified atom stereocenters. The topological polar surface area (TPSA) is 29.1 Å². The second kappa shape index (κ2) is 6.75. The lowest BCUT2D eigenvalue weighted by atomic mass is 10.2. The normalized spacial score (nSPS) is 10.3. The summed E-state index contributed by atoms with van der Waals surface area (Å²) in [6.45, 7) is 5.75. The van der Waals surface area contributed by atoms with Crippen molar-refractivity contribution in [2.45, 2.75) is 26.7 Å². The molecule has 0 aromatic carbocycles. The zero-order valence-corrected chi connectivity index (χ0v) is 6.81. The molecule has 59 valence electrons. The summed E-state index contributed by atoms with van der Waals surface area (Å²) >= 11 is 0. The first-order valence-electron chi connectivity index (χ1n) is 3.79. The van der Waals surface area contributed by atoms with Gasteiger partial charge in [0.15, 0.2) is 0 Å². The maximum Gasteiger partial charge on any atom is 0.128 e. The van der Waals surface area contributed by atoms with Crippen LogP contribution >= 0.6 is 0 Å². The van der Waals surface area contributed by atoms with Crippen molar-refractivity contribution < 1.29 is 4.79 Å². The van der Waals surface area contributed by atoms with Crippen LogP contribution in [-0.4, -0.2) is 19.4 Å². The van der Waals surface area contributed by atoms with Gasteiger partial charge in [-0.1, -0.05) is 20.3 Å². The third-order valence-corrected chi connectivity index (χ3v) is 1.31. The van der Waals surface area contributed by atoms with E-state index in [-0.39, 0.29) is 0 Å². The minimum absolute atomic E-state index is 0.740. The number of carbonyl (C=O) groups excluding carboxylic acids is 1. The first-order chi connectivity index (χ1) is 4.81. The Balaban J connectivity index is 2.95. The second-order valence-electron chi connectivity index (χ2n) is 2.49.